The van der Waals surface area contributed by atoms with E-state index in [-0.39, 0.29) is 36.4 Å². The largest absolute Gasteiger partial charge is 0.383 e. The van der Waals surface area contributed by atoms with Crippen molar-refractivity contribution in [3.05, 3.63) is 92.1 Å². The van der Waals surface area contributed by atoms with Crippen molar-refractivity contribution in [2.24, 2.45) is 5.92 Å². The Kier molecular flexibility index (Phi) is 6.20. The van der Waals surface area contributed by atoms with Crippen LogP contribution >= 0.6 is 0 Å². The molecular weight excluding hydrogens is 380 g/mol. The Morgan fingerprint density at radius 2 is 1.80 bits per heavy atom. The Hall–Kier alpha value is -3.61. The molecule has 156 valence electrons. The number of nitrogens with zero attached hydrogens (tertiary/aromatic N) is 2. The van der Waals surface area contributed by atoms with Crippen LogP contribution in [0.4, 0.5) is 11.5 Å². The first kappa shape index (κ1) is 21.1. The molecule has 1 aromatic heterocycles. The maximum atomic E-state index is 13.3. The fourth-order valence-corrected chi connectivity index (χ4v) is 3.34. The molecule has 0 unspecified atom stereocenters. The van der Waals surface area contributed by atoms with Gasteiger partial charge in [-0.2, -0.15) is 0 Å². The molecule has 0 radical (unpaired) electrons. The van der Waals surface area contributed by atoms with Gasteiger partial charge in [0.05, 0.1) is 6.54 Å². The molecule has 7 nitrogen and oxygen atoms in total. The first-order chi connectivity index (χ1) is 14.3. The predicted molar refractivity (Wildman–Crippen MR) is 119 cm³/mol. The highest BCUT2D eigenvalue weighted by Gasteiger charge is 2.26. The average molecular weight is 406 g/mol. The van der Waals surface area contributed by atoms with Crippen LogP contribution in [-0.4, -0.2) is 22.0 Å². The van der Waals surface area contributed by atoms with Gasteiger partial charge in [0.1, 0.15) is 5.82 Å². The highest BCUT2D eigenvalue weighted by molar-refractivity contribution is 6.07. The van der Waals surface area contributed by atoms with Crippen molar-refractivity contribution in [2.75, 3.05) is 17.2 Å². The zero-order valence-corrected chi connectivity index (χ0v) is 17.4. The van der Waals surface area contributed by atoms with E-state index in [0.29, 0.717) is 5.56 Å². The van der Waals surface area contributed by atoms with E-state index < -0.39 is 11.2 Å². The summed E-state index contributed by atoms with van der Waals surface area (Å²) in [6.45, 7) is 6.25. The molecule has 0 aliphatic rings. The number of benzene rings is 2. The Morgan fingerprint density at radius 3 is 2.43 bits per heavy atom. The van der Waals surface area contributed by atoms with E-state index in [4.69, 9.17) is 5.73 Å². The van der Waals surface area contributed by atoms with E-state index in [1.165, 1.54) is 9.47 Å². The van der Waals surface area contributed by atoms with E-state index in [9.17, 15) is 14.4 Å². The maximum absolute atomic E-state index is 13.3. The molecule has 0 fully saturated rings. The summed E-state index contributed by atoms with van der Waals surface area (Å²) in [6, 6.07) is 16.5. The molecule has 0 spiro atoms. The number of aromatic amines is 1. The van der Waals surface area contributed by atoms with Gasteiger partial charge in [-0.05, 0) is 30.5 Å². The van der Waals surface area contributed by atoms with Gasteiger partial charge in [-0.3, -0.25) is 19.1 Å². The van der Waals surface area contributed by atoms with Crippen LogP contribution in [0.2, 0.25) is 0 Å². The molecule has 7 heteroatoms. The molecule has 1 amide bonds. The quantitative estimate of drug-likeness (QED) is 0.657. The van der Waals surface area contributed by atoms with Crippen molar-refractivity contribution >= 4 is 17.4 Å². The summed E-state index contributed by atoms with van der Waals surface area (Å²) in [5.41, 5.74) is 7.24. The molecule has 1 heterocycles. The smallest absolute Gasteiger partial charge is 0.330 e. The van der Waals surface area contributed by atoms with E-state index >= 15 is 0 Å². The number of nitrogens with two attached hydrogens (primary N) is 1. The first-order valence-electron chi connectivity index (χ1n) is 9.83. The molecule has 0 aliphatic heterocycles. The van der Waals surface area contributed by atoms with Crippen molar-refractivity contribution in [2.45, 2.75) is 27.3 Å². The van der Waals surface area contributed by atoms with Gasteiger partial charge in [0.25, 0.3) is 11.5 Å². The number of rotatable bonds is 6. The standard InChI is InChI=1S/C23H26N4O3/c1-15(2)13-26(22(29)18-11-7-8-16(3)12-18)19-20(24)27(23(30)25-21(19)28)14-17-9-5-4-6-10-17/h4-12,15H,13-14,24H2,1-3H3,(H,25,28,30). The second kappa shape index (κ2) is 8.82. The SMILES string of the molecule is Cc1cccc(C(=O)N(CC(C)C)c2c(N)n(Cc3ccccc3)c(=O)[nH]c2=O)c1. The van der Waals surface area contributed by atoms with Crippen LogP contribution in [0.3, 0.4) is 0 Å². The highest BCUT2D eigenvalue weighted by Crippen LogP contribution is 2.22. The van der Waals surface area contributed by atoms with Crippen molar-refractivity contribution in [1.29, 1.82) is 0 Å². The van der Waals surface area contributed by atoms with Gasteiger partial charge in [-0.25, -0.2) is 4.79 Å². The number of aryl methyl sites for hydroxylation is 1. The lowest BCUT2D eigenvalue weighted by Crippen LogP contribution is -2.42. The molecule has 0 bridgehead atoms. The minimum Gasteiger partial charge on any atom is -0.383 e. The Bertz CT molecular complexity index is 1160. The normalized spacial score (nSPS) is 10.9. The molecule has 0 atom stereocenters. The van der Waals surface area contributed by atoms with Crippen LogP contribution in [0.5, 0.6) is 0 Å². The van der Waals surface area contributed by atoms with E-state index in [0.717, 1.165) is 11.1 Å². The number of H-pyrrole nitrogens is 1. The van der Waals surface area contributed by atoms with Crippen molar-refractivity contribution in [1.82, 2.24) is 9.55 Å². The molecule has 0 saturated carbocycles. The predicted octanol–water partition coefficient (Wildman–Crippen LogP) is 2.78. The number of hydrogen-bond donors (Lipinski definition) is 2. The molecule has 0 aliphatic carbocycles. The Balaban J connectivity index is 2.13. The third kappa shape index (κ3) is 4.51. The van der Waals surface area contributed by atoms with Gasteiger partial charge in [-0.1, -0.05) is 61.9 Å². The minimum absolute atomic E-state index is 0.00858. The van der Waals surface area contributed by atoms with Gasteiger partial charge in [0.15, 0.2) is 5.69 Å². The molecular formula is C23H26N4O3. The summed E-state index contributed by atoms with van der Waals surface area (Å²) in [4.78, 5) is 42.2. The molecule has 3 rings (SSSR count). The second-order valence-corrected chi connectivity index (χ2v) is 7.74. The van der Waals surface area contributed by atoms with Crippen LogP contribution < -0.4 is 21.9 Å². The van der Waals surface area contributed by atoms with Crippen molar-refractivity contribution < 1.29 is 4.79 Å². The van der Waals surface area contributed by atoms with Gasteiger partial charge in [-0.15, -0.1) is 0 Å². The number of carbonyl (C=O) groups excluding carboxylic acids is 1. The summed E-state index contributed by atoms with van der Waals surface area (Å²) >= 11 is 0. The van der Waals surface area contributed by atoms with Gasteiger partial charge >= 0.3 is 5.69 Å². The first-order valence-corrected chi connectivity index (χ1v) is 9.83. The van der Waals surface area contributed by atoms with Crippen LogP contribution in [-0.2, 0) is 6.54 Å². The van der Waals surface area contributed by atoms with Crippen LogP contribution in [0.1, 0.15) is 35.3 Å². The summed E-state index contributed by atoms with van der Waals surface area (Å²) < 4.78 is 1.28. The molecule has 30 heavy (non-hydrogen) atoms. The van der Waals surface area contributed by atoms with Crippen molar-refractivity contribution in [3.8, 4) is 0 Å². The van der Waals surface area contributed by atoms with E-state index in [2.05, 4.69) is 4.98 Å². The van der Waals surface area contributed by atoms with Gasteiger partial charge in [0.2, 0.25) is 0 Å². The fourth-order valence-electron chi connectivity index (χ4n) is 3.34. The van der Waals surface area contributed by atoms with Crippen LogP contribution in [0.15, 0.2) is 64.2 Å². The third-order valence-corrected chi connectivity index (χ3v) is 4.73. The topological polar surface area (TPSA) is 101 Å². The number of carbonyl (C=O) groups is 1. The Morgan fingerprint density at radius 1 is 1.10 bits per heavy atom. The number of amides is 1. The van der Waals surface area contributed by atoms with Crippen LogP contribution in [0.25, 0.3) is 0 Å². The number of nitrogens with one attached hydrogen (secondary N) is 1. The summed E-state index contributed by atoms with van der Waals surface area (Å²) in [5, 5.41) is 0. The molecule has 0 saturated heterocycles. The summed E-state index contributed by atoms with van der Waals surface area (Å²) in [6.07, 6.45) is 0. The van der Waals surface area contributed by atoms with Crippen molar-refractivity contribution in [3.63, 3.8) is 0 Å². The maximum Gasteiger partial charge on any atom is 0.330 e. The third-order valence-electron chi connectivity index (χ3n) is 4.73. The summed E-state index contributed by atoms with van der Waals surface area (Å²) in [5.74, 6) is -0.296. The molecule has 3 N–H and O–H groups in total. The number of aromatic nitrogens is 2. The minimum atomic E-state index is -0.677. The lowest BCUT2D eigenvalue weighted by Gasteiger charge is -2.26. The monoisotopic (exact) mass is 406 g/mol. The number of hydrogen-bond acceptors (Lipinski definition) is 4. The Labute approximate surface area is 174 Å². The lowest BCUT2D eigenvalue weighted by atomic mass is 10.1. The van der Waals surface area contributed by atoms with Gasteiger partial charge < -0.3 is 10.6 Å². The highest BCUT2D eigenvalue weighted by atomic mass is 16.2. The molecule has 3 aromatic rings. The lowest BCUT2D eigenvalue weighted by molar-refractivity contribution is 0.0983. The average Bonchev–Trinajstić information content (AvgIpc) is 2.70. The van der Waals surface area contributed by atoms with E-state index in [1.807, 2.05) is 57.2 Å². The second-order valence-electron chi connectivity index (χ2n) is 7.74. The fraction of sp³-hybridized carbons (Fsp3) is 0.261. The van der Waals surface area contributed by atoms with Gasteiger partial charge in [0, 0.05) is 12.1 Å². The zero-order chi connectivity index (χ0) is 21.8. The number of anilines is 2. The molecule has 2 aromatic carbocycles. The van der Waals surface area contributed by atoms with Crippen LogP contribution in [0, 0.1) is 12.8 Å². The zero-order valence-electron chi connectivity index (χ0n) is 17.4. The summed E-state index contributed by atoms with van der Waals surface area (Å²) in [7, 11) is 0. The van der Waals surface area contributed by atoms with E-state index in [1.54, 1.807) is 18.2 Å². The number of nitrogen functional groups attached to an aromatic ring is 1.